The van der Waals surface area contributed by atoms with E-state index < -0.39 is 0 Å². The molecule has 0 unspecified atom stereocenters. The zero-order valence-corrected chi connectivity index (χ0v) is 23.3. The molecule has 9 heteroatoms. The number of carbonyl (C=O) groups is 1. The number of benzene rings is 3. The summed E-state index contributed by atoms with van der Waals surface area (Å²) in [6.45, 7) is 1.74. The number of urea groups is 1. The van der Waals surface area contributed by atoms with Gasteiger partial charge < -0.3 is 15.5 Å². The third-order valence-electron chi connectivity index (χ3n) is 7.61. The predicted molar refractivity (Wildman–Crippen MR) is 161 cm³/mol. The molecule has 0 aliphatic heterocycles. The highest BCUT2D eigenvalue weighted by Gasteiger charge is 2.18. The molecule has 1 fully saturated rings. The fourth-order valence-electron chi connectivity index (χ4n) is 5.39. The second-order valence-electron chi connectivity index (χ2n) is 11.0. The topological polar surface area (TPSA) is 80.0 Å². The third-order valence-corrected chi connectivity index (χ3v) is 7.61. The first-order valence-electron chi connectivity index (χ1n) is 14.0. The van der Waals surface area contributed by atoms with E-state index >= 15 is 0 Å². The van der Waals surface area contributed by atoms with Crippen molar-refractivity contribution in [1.29, 1.82) is 0 Å². The Balaban J connectivity index is 1.32. The van der Waals surface area contributed by atoms with E-state index in [-0.39, 0.29) is 17.9 Å². The molecule has 2 amide bonds. The first kappa shape index (κ1) is 26.7. The summed E-state index contributed by atoms with van der Waals surface area (Å²) in [5.41, 5.74) is 7.09. The fourth-order valence-corrected chi connectivity index (χ4v) is 5.39. The van der Waals surface area contributed by atoms with Crippen LogP contribution in [0.5, 0.6) is 0 Å². The van der Waals surface area contributed by atoms with E-state index in [4.69, 9.17) is 4.98 Å². The van der Waals surface area contributed by atoms with Crippen LogP contribution >= 0.6 is 0 Å². The van der Waals surface area contributed by atoms with E-state index in [1.165, 1.54) is 12.1 Å². The van der Waals surface area contributed by atoms with E-state index in [1.807, 2.05) is 47.7 Å². The van der Waals surface area contributed by atoms with Gasteiger partial charge in [0, 0.05) is 35.7 Å². The number of nitrogens with one attached hydrogen (secondary N) is 2. The van der Waals surface area contributed by atoms with Crippen molar-refractivity contribution in [3.63, 3.8) is 0 Å². The van der Waals surface area contributed by atoms with Gasteiger partial charge in [-0.1, -0.05) is 31.0 Å². The highest BCUT2D eigenvalue weighted by molar-refractivity contribution is 5.91. The van der Waals surface area contributed by atoms with Gasteiger partial charge in [0.1, 0.15) is 12.1 Å². The molecule has 3 aromatic carbocycles. The van der Waals surface area contributed by atoms with Gasteiger partial charge >= 0.3 is 6.03 Å². The number of imidazole rings is 1. The molecule has 6 rings (SSSR count). The number of rotatable bonds is 8. The lowest BCUT2D eigenvalue weighted by molar-refractivity contribution is 0.248. The van der Waals surface area contributed by atoms with Gasteiger partial charge in [0.15, 0.2) is 0 Å². The highest BCUT2D eigenvalue weighted by atomic mass is 19.1. The molecule has 8 nitrogen and oxygen atoms in total. The monoisotopic (exact) mass is 551 g/mol. The van der Waals surface area contributed by atoms with Crippen LogP contribution in [0.15, 0.2) is 79.4 Å². The van der Waals surface area contributed by atoms with Crippen molar-refractivity contribution < 1.29 is 9.18 Å². The summed E-state index contributed by atoms with van der Waals surface area (Å²) in [6.07, 6.45) is 10.0. The molecule has 5 aromatic rings. The van der Waals surface area contributed by atoms with Gasteiger partial charge in [-0.2, -0.15) is 5.10 Å². The van der Waals surface area contributed by atoms with E-state index in [0.29, 0.717) is 5.69 Å². The zero-order valence-electron chi connectivity index (χ0n) is 23.3. The molecule has 41 heavy (non-hydrogen) atoms. The van der Waals surface area contributed by atoms with E-state index in [1.54, 1.807) is 18.5 Å². The van der Waals surface area contributed by atoms with Crippen LogP contribution in [0.1, 0.15) is 25.7 Å². The highest BCUT2D eigenvalue weighted by Crippen LogP contribution is 2.30. The van der Waals surface area contributed by atoms with Crippen molar-refractivity contribution in [3.8, 4) is 27.9 Å². The van der Waals surface area contributed by atoms with Crippen LogP contribution in [-0.4, -0.2) is 56.9 Å². The van der Waals surface area contributed by atoms with E-state index in [9.17, 15) is 9.18 Å². The fraction of sp³-hybridized carbons (Fsp3) is 0.281. The maximum Gasteiger partial charge on any atom is 0.319 e. The number of amides is 2. The van der Waals surface area contributed by atoms with Gasteiger partial charge in [-0.3, -0.25) is 9.25 Å². The summed E-state index contributed by atoms with van der Waals surface area (Å²) in [5.74, 6) is -0.293. The normalized spacial score (nSPS) is 13.8. The maximum atomic E-state index is 13.7. The van der Waals surface area contributed by atoms with Gasteiger partial charge in [0.2, 0.25) is 0 Å². The second kappa shape index (κ2) is 11.5. The smallest absolute Gasteiger partial charge is 0.319 e. The molecule has 210 valence electrons. The summed E-state index contributed by atoms with van der Waals surface area (Å²) >= 11 is 0. The molecule has 1 aliphatic rings. The van der Waals surface area contributed by atoms with Crippen LogP contribution in [0.25, 0.3) is 39.0 Å². The molecular formula is C32H34FN7O. The average Bonchev–Trinajstić information content (AvgIpc) is 3.73. The Morgan fingerprint density at radius 2 is 1.76 bits per heavy atom. The first-order chi connectivity index (χ1) is 19.9. The van der Waals surface area contributed by atoms with Gasteiger partial charge in [0.05, 0.1) is 23.8 Å². The Morgan fingerprint density at radius 3 is 2.54 bits per heavy atom. The molecule has 1 aliphatic carbocycles. The molecular weight excluding hydrogens is 517 g/mol. The first-order valence-corrected chi connectivity index (χ1v) is 14.0. The van der Waals surface area contributed by atoms with E-state index in [0.717, 1.165) is 77.7 Å². The van der Waals surface area contributed by atoms with Crippen LogP contribution in [0.4, 0.5) is 14.9 Å². The predicted octanol–water partition coefficient (Wildman–Crippen LogP) is 6.32. The lowest BCUT2D eigenvalue weighted by Gasteiger charge is -2.15. The minimum atomic E-state index is -0.293. The molecule has 0 atom stereocenters. The van der Waals surface area contributed by atoms with Gasteiger partial charge in [-0.15, -0.1) is 0 Å². The minimum Gasteiger partial charge on any atom is -0.335 e. The largest absolute Gasteiger partial charge is 0.335 e. The van der Waals surface area contributed by atoms with Gasteiger partial charge in [-0.25, -0.2) is 14.2 Å². The molecule has 1 saturated carbocycles. The number of carbonyl (C=O) groups excluding carboxylic acids is 1. The number of nitrogens with zero attached hydrogens (tertiary/aromatic N) is 5. The Hall–Kier alpha value is -4.50. The molecule has 2 heterocycles. The van der Waals surface area contributed by atoms with Crippen molar-refractivity contribution in [3.05, 3.63) is 85.2 Å². The van der Waals surface area contributed by atoms with Crippen LogP contribution in [-0.2, 0) is 6.54 Å². The number of hydrogen-bond acceptors (Lipinski definition) is 4. The van der Waals surface area contributed by atoms with Crippen molar-refractivity contribution in [2.45, 2.75) is 38.3 Å². The quantitative estimate of drug-likeness (QED) is 0.237. The van der Waals surface area contributed by atoms with Crippen molar-refractivity contribution in [2.24, 2.45) is 0 Å². The zero-order chi connectivity index (χ0) is 28.3. The SMILES string of the molecule is CN(C)CCn1cc(-c2ccc3c(c2)ncn3-c2cc(NC(=O)NC3CCCC3)cc(-c3ccc(F)cc3)c2)cn1. The third kappa shape index (κ3) is 6.15. The Labute approximate surface area is 238 Å². The molecule has 0 saturated heterocycles. The maximum absolute atomic E-state index is 13.7. The van der Waals surface area contributed by atoms with Crippen LogP contribution in [0, 0.1) is 5.82 Å². The standard InChI is InChI=1S/C32H34FN7O/c1-38(2)13-14-39-20-25(19-35-39)23-9-12-31-30(17-23)34-21-40(31)29-16-24(22-7-10-26(33)11-8-22)15-28(18-29)37-32(41)36-27-5-3-4-6-27/h7-12,15-21,27H,3-6,13-14H2,1-2H3,(H2,36,37,41). The van der Waals surface area contributed by atoms with Gasteiger partial charge in [0.25, 0.3) is 0 Å². The number of anilines is 1. The molecule has 0 spiro atoms. The van der Waals surface area contributed by atoms with Crippen LogP contribution in [0.3, 0.4) is 0 Å². The van der Waals surface area contributed by atoms with Crippen molar-refractivity contribution >= 4 is 22.8 Å². The molecule has 0 radical (unpaired) electrons. The molecule has 2 aromatic heterocycles. The summed E-state index contributed by atoms with van der Waals surface area (Å²) in [6, 6.07) is 18.4. The summed E-state index contributed by atoms with van der Waals surface area (Å²) < 4.78 is 17.6. The number of aromatic nitrogens is 4. The Kier molecular flexibility index (Phi) is 7.52. The summed E-state index contributed by atoms with van der Waals surface area (Å²) in [4.78, 5) is 19.7. The summed E-state index contributed by atoms with van der Waals surface area (Å²) in [5, 5.41) is 10.6. The number of fused-ring (bicyclic) bond motifs is 1. The molecule has 2 N–H and O–H groups in total. The van der Waals surface area contributed by atoms with Crippen molar-refractivity contribution in [2.75, 3.05) is 26.0 Å². The van der Waals surface area contributed by atoms with Crippen molar-refractivity contribution in [1.82, 2.24) is 29.5 Å². The summed E-state index contributed by atoms with van der Waals surface area (Å²) in [7, 11) is 4.10. The Morgan fingerprint density at radius 1 is 0.976 bits per heavy atom. The average molecular weight is 552 g/mol. The van der Waals surface area contributed by atoms with Crippen LogP contribution < -0.4 is 10.6 Å². The Bertz CT molecular complexity index is 1670. The lowest BCUT2D eigenvalue weighted by atomic mass is 10.0. The second-order valence-corrected chi connectivity index (χ2v) is 11.0. The number of hydrogen-bond donors (Lipinski definition) is 2. The number of likely N-dealkylation sites (N-methyl/N-ethyl adjacent to an activating group) is 1. The number of halogens is 1. The lowest BCUT2D eigenvalue weighted by Crippen LogP contribution is -2.36. The minimum absolute atomic E-state index is 0.210. The van der Waals surface area contributed by atoms with Crippen LogP contribution in [0.2, 0.25) is 0 Å². The molecule has 0 bridgehead atoms. The van der Waals surface area contributed by atoms with E-state index in [2.05, 4.69) is 45.0 Å². The van der Waals surface area contributed by atoms with Gasteiger partial charge in [-0.05, 0) is 86.1 Å².